The molecular weight excluding hydrogens is 428 g/mol. The van der Waals surface area contributed by atoms with Crippen LogP contribution in [0.15, 0.2) is 39.7 Å². The van der Waals surface area contributed by atoms with Gasteiger partial charge in [-0.3, -0.25) is 4.79 Å². The van der Waals surface area contributed by atoms with E-state index >= 15 is 0 Å². The third-order valence-electron chi connectivity index (χ3n) is 5.51. The first kappa shape index (κ1) is 21.9. The van der Waals surface area contributed by atoms with E-state index in [1.54, 1.807) is 0 Å². The molecule has 5 atom stereocenters. The van der Waals surface area contributed by atoms with Crippen LogP contribution in [-0.4, -0.2) is 71.9 Å². The molecule has 0 amide bonds. The molecule has 4 rings (SSSR count). The predicted molar refractivity (Wildman–Crippen MR) is 107 cm³/mol. The van der Waals surface area contributed by atoms with Gasteiger partial charge < -0.3 is 50.0 Å². The molecule has 3 aromatic rings. The Kier molecular flexibility index (Phi) is 5.44. The van der Waals surface area contributed by atoms with Crippen LogP contribution in [0.4, 0.5) is 0 Å². The number of hydrogen-bond acceptors (Lipinski definition) is 11. The van der Waals surface area contributed by atoms with E-state index < -0.39 is 65.6 Å². The normalized spacial score (nSPS) is 25.8. The van der Waals surface area contributed by atoms with Gasteiger partial charge in [0.05, 0.1) is 17.7 Å². The maximum Gasteiger partial charge on any atom is 0.204 e. The van der Waals surface area contributed by atoms with Crippen molar-refractivity contribution in [2.45, 2.75) is 30.5 Å². The smallest absolute Gasteiger partial charge is 0.204 e. The van der Waals surface area contributed by atoms with Gasteiger partial charge >= 0.3 is 0 Å². The number of aliphatic hydroxyl groups excluding tert-OH is 4. The van der Waals surface area contributed by atoms with Crippen molar-refractivity contribution in [2.24, 2.45) is 0 Å². The second-order valence-corrected chi connectivity index (χ2v) is 7.46. The molecule has 1 fully saturated rings. The Morgan fingerprint density at radius 3 is 2.22 bits per heavy atom. The molecule has 2 heterocycles. The van der Waals surface area contributed by atoms with E-state index in [2.05, 4.69) is 0 Å². The number of ether oxygens (including phenoxy) is 1. The minimum absolute atomic E-state index is 0.0893. The zero-order valence-corrected chi connectivity index (χ0v) is 16.3. The first-order valence-corrected chi connectivity index (χ1v) is 9.48. The van der Waals surface area contributed by atoms with Crippen LogP contribution in [0.25, 0.3) is 22.1 Å². The van der Waals surface area contributed by atoms with Crippen LogP contribution in [0.3, 0.4) is 0 Å². The van der Waals surface area contributed by atoms with E-state index in [-0.39, 0.29) is 27.7 Å². The third-order valence-corrected chi connectivity index (χ3v) is 5.51. The molecule has 0 spiro atoms. The second-order valence-electron chi connectivity index (χ2n) is 7.46. The first-order chi connectivity index (χ1) is 15.1. The molecule has 170 valence electrons. The first-order valence-electron chi connectivity index (χ1n) is 9.48. The number of phenolic OH excluding ortho intramolecular Hbond substituents is 4. The van der Waals surface area contributed by atoms with Crippen molar-refractivity contribution in [3.63, 3.8) is 0 Å². The van der Waals surface area contributed by atoms with Gasteiger partial charge in [0, 0.05) is 6.07 Å². The van der Waals surface area contributed by atoms with Crippen LogP contribution in [0.1, 0.15) is 11.7 Å². The molecule has 0 unspecified atom stereocenters. The van der Waals surface area contributed by atoms with Crippen LogP contribution < -0.4 is 5.43 Å². The lowest BCUT2D eigenvalue weighted by atomic mass is 9.89. The van der Waals surface area contributed by atoms with Crippen LogP contribution >= 0.6 is 0 Å². The molecule has 11 heteroatoms. The number of rotatable bonds is 3. The Labute approximate surface area is 179 Å². The Morgan fingerprint density at radius 2 is 1.56 bits per heavy atom. The topological polar surface area (TPSA) is 201 Å². The molecule has 0 aliphatic carbocycles. The summed E-state index contributed by atoms with van der Waals surface area (Å²) in [5.74, 6) is -2.17. The lowest BCUT2D eigenvalue weighted by Crippen LogP contribution is -2.55. The maximum absolute atomic E-state index is 13.1. The fraction of sp³-hybridized carbons (Fsp3) is 0.286. The quantitative estimate of drug-likeness (QED) is 0.247. The van der Waals surface area contributed by atoms with Gasteiger partial charge in [-0.05, 0) is 17.7 Å². The van der Waals surface area contributed by atoms with E-state index in [0.29, 0.717) is 0 Å². The Bertz CT molecular complexity index is 1230. The summed E-state index contributed by atoms with van der Waals surface area (Å²) in [5, 5.41) is 79.5. The summed E-state index contributed by atoms with van der Waals surface area (Å²) >= 11 is 0. The van der Waals surface area contributed by atoms with Crippen molar-refractivity contribution < 1.29 is 50.0 Å². The van der Waals surface area contributed by atoms with Crippen LogP contribution in [0.5, 0.6) is 23.0 Å². The maximum atomic E-state index is 13.1. The van der Waals surface area contributed by atoms with Gasteiger partial charge in [0.1, 0.15) is 53.7 Å². The number of phenols is 4. The number of benzene rings is 2. The summed E-state index contributed by atoms with van der Waals surface area (Å²) < 4.78 is 11.0. The molecule has 0 saturated carbocycles. The largest absolute Gasteiger partial charge is 0.507 e. The molecule has 8 N–H and O–H groups in total. The summed E-state index contributed by atoms with van der Waals surface area (Å²) in [4.78, 5) is 13.1. The van der Waals surface area contributed by atoms with Gasteiger partial charge in [-0.1, -0.05) is 6.07 Å². The molecule has 11 nitrogen and oxygen atoms in total. The van der Waals surface area contributed by atoms with Crippen molar-refractivity contribution in [3.8, 4) is 34.1 Å². The Balaban J connectivity index is 1.93. The monoisotopic (exact) mass is 448 g/mol. The standard InChI is InChI=1S/C21H20O11/c22-5-13-17(28)18(29)19(30)21(32-13)15-12(26)4-11(25)14-16(27)8(6-31-20(14)15)7-1-2-9(23)10(24)3-7/h1-4,6,13,17-19,21-26,28-30H,5H2/t13-,17+,18-,19+,21-/m0/s1. The average Bonchev–Trinajstić information content (AvgIpc) is 2.75. The van der Waals surface area contributed by atoms with E-state index in [0.717, 1.165) is 24.5 Å². The molecule has 1 saturated heterocycles. The Morgan fingerprint density at radius 1 is 0.844 bits per heavy atom. The predicted octanol–water partition coefficient (Wildman–Crippen LogP) is -0.203. The van der Waals surface area contributed by atoms with Gasteiger partial charge in [-0.15, -0.1) is 0 Å². The van der Waals surface area contributed by atoms with Crippen molar-refractivity contribution in [1.82, 2.24) is 0 Å². The zero-order valence-electron chi connectivity index (χ0n) is 16.3. The van der Waals surface area contributed by atoms with Crippen LogP contribution in [-0.2, 0) is 4.74 Å². The molecule has 1 aliphatic heterocycles. The number of fused-ring (bicyclic) bond motifs is 1. The molecule has 1 aromatic heterocycles. The molecule has 1 aliphatic rings. The number of hydrogen-bond donors (Lipinski definition) is 8. The molecule has 0 bridgehead atoms. The van der Waals surface area contributed by atoms with Crippen LogP contribution in [0, 0.1) is 0 Å². The molecule has 0 radical (unpaired) electrons. The highest BCUT2D eigenvalue weighted by molar-refractivity contribution is 5.91. The third kappa shape index (κ3) is 3.32. The van der Waals surface area contributed by atoms with Gasteiger partial charge in [0.25, 0.3) is 0 Å². The summed E-state index contributed by atoms with van der Waals surface area (Å²) in [7, 11) is 0. The van der Waals surface area contributed by atoms with Gasteiger partial charge in [0.15, 0.2) is 17.1 Å². The van der Waals surface area contributed by atoms with Crippen molar-refractivity contribution >= 4 is 11.0 Å². The van der Waals surface area contributed by atoms with E-state index in [1.165, 1.54) is 6.07 Å². The zero-order chi connectivity index (χ0) is 23.3. The highest BCUT2D eigenvalue weighted by Gasteiger charge is 2.46. The number of aliphatic hydroxyl groups is 4. The van der Waals surface area contributed by atoms with Crippen molar-refractivity contribution in [1.29, 1.82) is 0 Å². The summed E-state index contributed by atoms with van der Waals surface area (Å²) in [6.45, 7) is -0.712. The lowest BCUT2D eigenvalue weighted by molar-refractivity contribution is -0.231. The summed E-state index contributed by atoms with van der Waals surface area (Å²) in [5.41, 5.74) is -1.33. The van der Waals surface area contributed by atoms with Gasteiger partial charge in [-0.2, -0.15) is 0 Å². The van der Waals surface area contributed by atoms with E-state index in [9.17, 15) is 45.6 Å². The van der Waals surface area contributed by atoms with E-state index in [1.807, 2.05) is 0 Å². The summed E-state index contributed by atoms with van der Waals surface area (Å²) in [6, 6.07) is 4.44. The minimum atomic E-state index is -1.77. The number of aromatic hydroxyl groups is 4. The summed E-state index contributed by atoms with van der Waals surface area (Å²) in [6.07, 6.45) is -6.99. The van der Waals surface area contributed by atoms with Gasteiger partial charge in [0.2, 0.25) is 5.43 Å². The molecular formula is C21H20O11. The fourth-order valence-electron chi connectivity index (χ4n) is 3.80. The molecule has 32 heavy (non-hydrogen) atoms. The average molecular weight is 448 g/mol. The minimum Gasteiger partial charge on any atom is -0.507 e. The Hall–Kier alpha value is -3.35. The van der Waals surface area contributed by atoms with Crippen molar-refractivity contribution in [2.75, 3.05) is 6.61 Å². The fourth-order valence-corrected chi connectivity index (χ4v) is 3.80. The van der Waals surface area contributed by atoms with Crippen LogP contribution in [0.2, 0.25) is 0 Å². The lowest BCUT2D eigenvalue weighted by Gasteiger charge is -2.40. The van der Waals surface area contributed by atoms with Gasteiger partial charge in [-0.25, -0.2) is 0 Å². The second kappa shape index (κ2) is 7.97. The van der Waals surface area contributed by atoms with Crippen molar-refractivity contribution in [3.05, 3.63) is 46.3 Å². The highest BCUT2D eigenvalue weighted by Crippen LogP contribution is 2.43. The SMILES string of the molecule is O=c1c(-c2ccc(O)c(O)c2)coc2c([C@@H]3O[C@@H](CO)[C@@H](O)[C@H](O)[C@H]3O)c(O)cc(O)c12. The van der Waals surface area contributed by atoms with E-state index in [4.69, 9.17) is 9.15 Å². The molecule has 2 aromatic carbocycles. The highest BCUT2D eigenvalue weighted by atomic mass is 16.5.